The van der Waals surface area contributed by atoms with Gasteiger partial charge in [0, 0.05) is 16.9 Å². The van der Waals surface area contributed by atoms with E-state index in [0.29, 0.717) is 5.69 Å². The molecular formula is C20H27FN4O2. The van der Waals surface area contributed by atoms with Gasteiger partial charge in [-0.15, -0.1) is 0 Å². The predicted octanol–water partition coefficient (Wildman–Crippen LogP) is 3.47. The lowest BCUT2D eigenvalue weighted by molar-refractivity contribution is -0.142. The SMILES string of the molecule is Cc1cc(C)n(C(C)C(=O)N(CC(=O)Nc2ccc(F)cc2)C(C)(C)C)n1. The van der Waals surface area contributed by atoms with Gasteiger partial charge >= 0.3 is 0 Å². The summed E-state index contributed by atoms with van der Waals surface area (Å²) in [6, 6.07) is 6.88. The minimum Gasteiger partial charge on any atom is -0.327 e. The highest BCUT2D eigenvalue weighted by molar-refractivity contribution is 5.95. The van der Waals surface area contributed by atoms with E-state index in [2.05, 4.69) is 10.4 Å². The number of halogens is 1. The monoisotopic (exact) mass is 374 g/mol. The highest BCUT2D eigenvalue weighted by atomic mass is 19.1. The van der Waals surface area contributed by atoms with E-state index in [0.717, 1.165) is 11.4 Å². The minimum atomic E-state index is -0.554. The molecule has 0 saturated carbocycles. The van der Waals surface area contributed by atoms with Crippen molar-refractivity contribution in [3.63, 3.8) is 0 Å². The molecule has 2 amide bonds. The van der Waals surface area contributed by atoms with Crippen LogP contribution in [0.4, 0.5) is 10.1 Å². The second-order valence-electron chi connectivity index (χ2n) is 7.70. The first-order valence-corrected chi connectivity index (χ1v) is 8.88. The van der Waals surface area contributed by atoms with Crippen LogP contribution in [0.15, 0.2) is 30.3 Å². The van der Waals surface area contributed by atoms with Crippen molar-refractivity contribution in [2.24, 2.45) is 0 Å². The third-order valence-corrected chi connectivity index (χ3v) is 4.27. The third kappa shape index (κ3) is 5.15. The fraction of sp³-hybridized carbons (Fsp3) is 0.450. The Morgan fingerprint density at radius 3 is 2.30 bits per heavy atom. The molecule has 0 spiro atoms. The molecule has 1 aromatic heterocycles. The van der Waals surface area contributed by atoms with E-state index in [1.165, 1.54) is 29.2 Å². The molecule has 0 fully saturated rings. The summed E-state index contributed by atoms with van der Waals surface area (Å²) in [5.74, 6) is -0.911. The van der Waals surface area contributed by atoms with Crippen LogP contribution < -0.4 is 5.32 Å². The molecule has 7 heteroatoms. The van der Waals surface area contributed by atoms with Crippen LogP contribution in [-0.4, -0.2) is 38.6 Å². The molecule has 1 unspecified atom stereocenters. The number of carbonyl (C=O) groups excluding carboxylic acids is 2. The van der Waals surface area contributed by atoms with Crippen molar-refractivity contribution in [2.75, 3.05) is 11.9 Å². The summed E-state index contributed by atoms with van der Waals surface area (Å²) < 4.78 is 14.7. The second kappa shape index (κ2) is 7.90. The van der Waals surface area contributed by atoms with Gasteiger partial charge in [0.25, 0.3) is 0 Å². The number of amides is 2. The van der Waals surface area contributed by atoms with Gasteiger partial charge in [-0.05, 0) is 71.9 Å². The van der Waals surface area contributed by atoms with Gasteiger partial charge in [-0.1, -0.05) is 0 Å². The van der Waals surface area contributed by atoms with Crippen LogP contribution in [0.2, 0.25) is 0 Å². The Morgan fingerprint density at radius 2 is 1.81 bits per heavy atom. The number of carbonyl (C=O) groups is 2. The van der Waals surface area contributed by atoms with E-state index >= 15 is 0 Å². The fourth-order valence-corrected chi connectivity index (χ4v) is 2.89. The Morgan fingerprint density at radius 1 is 1.22 bits per heavy atom. The lowest BCUT2D eigenvalue weighted by Gasteiger charge is -2.37. The Hall–Kier alpha value is -2.70. The van der Waals surface area contributed by atoms with Crippen molar-refractivity contribution in [3.05, 3.63) is 47.5 Å². The van der Waals surface area contributed by atoms with Crippen molar-refractivity contribution >= 4 is 17.5 Å². The summed E-state index contributed by atoms with van der Waals surface area (Å²) in [7, 11) is 0. The zero-order valence-electron chi connectivity index (χ0n) is 16.7. The van der Waals surface area contributed by atoms with Crippen molar-refractivity contribution in [1.82, 2.24) is 14.7 Å². The lowest BCUT2D eigenvalue weighted by atomic mass is 10.0. The van der Waals surface area contributed by atoms with Crippen LogP contribution >= 0.6 is 0 Å². The summed E-state index contributed by atoms with van der Waals surface area (Å²) in [6.45, 7) is 11.1. The van der Waals surface area contributed by atoms with Crippen molar-refractivity contribution in [1.29, 1.82) is 0 Å². The number of nitrogens with one attached hydrogen (secondary N) is 1. The molecule has 1 aromatic carbocycles. The predicted molar refractivity (Wildman–Crippen MR) is 103 cm³/mol. The van der Waals surface area contributed by atoms with Crippen molar-refractivity contribution < 1.29 is 14.0 Å². The van der Waals surface area contributed by atoms with Crippen molar-refractivity contribution in [3.8, 4) is 0 Å². The normalized spacial score (nSPS) is 12.6. The molecule has 1 N–H and O–H groups in total. The highest BCUT2D eigenvalue weighted by Gasteiger charge is 2.33. The molecule has 2 aromatic rings. The van der Waals surface area contributed by atoms with Gasteiger partial charge in [0.15, 0.2) is 0 Å². The molecule has 0 aliphatic carbocycles. The summed E-state index contributed by atoms with van der Waals surface area (Å²) >= 11 is 0. The Labute approximate surface area is 159 Å². The maximum absolute atomic E-state index is 13.1. The molecule has 0 aliphatic rings. The minimum absolute atomic E-state index is 0.108. The molecule has 0 bridgehead atoms. The number of aromatic nitrogens is 2. The largest absolute Gasteiger partial charge is 0.327 e. The molecule has 0 saturated heterocycles. The van der Waals surface area contributed by atoms with E-state index in [1.807, 2.05) is 40.7 Å². The summed E-state index contributed by atoms with van der Waals surface area (Å²) in [6.07, 6.45) is 0. The van der Waals surface area contributed by atoms with Crippen LogP contribution in [0, 0.1) is 19.7 Å². The maximum Gasteiger partial charge on any atom is 0.248 e. The molecule has 0 radical (unpaired) electrons. The van der Waals surface area contributed by atoms with Gasteiger partial charge in [-0.3, -0.25) is 14.3 Å². The lowest BCUT2D eigenvalue weighted by Crippen LogP contribution is -2.51. The Balaban J connectivity index is 2.17. The highest BCUT2D eigenvalue weighted by Crippen LogP contribution is 2.21. The van der Waals surface area contributed by atoms with E-state index < -0.39 is 11.6 Å². The standard InChI is InChI=1S/C20H27FN4O2/c1-13-11-14(2)25(23-13)15(3)19(27)24(20(4,5)6)12-18(26)22-17-9-7-16(21)8-10-17/h7-11,15H,12H2,1-6H3,(H,22,26). The van der Waals surface area contributed by atoms with E-state index in [1.54, 1.807) is 11.6 Å². The molecule has 1 atom stereocenters. The molecule has 146 valence electrons. The number of benzene rings is 1. The van der Waals surface area contributed by atoms with Crippen LogP contribution in [0.3, 0.4) is 0 Å². The number of hydrogen-bond acceptors (Lipinski definition) is 3. The van der Waals surface area contributed by atoms with Gasteiger partial charge in [-0.2, -0.15) is 5.10 Å². The van der Waals surface area contributed by atoms with Gasteiger partial charge in [0.1, 0.15) is 18.4 Å². The molecule has 1 heterocycles. The van der Waals surface area contributed by atoms with Crippen LogP contribution in [0.1, 0.15) is 45.1 Å². The quantitative estimate of drug-likeness (QED) is 0.871. The number of aryl methyl sites for hydroxylation is 2. The number of hydrogen-bond donors (Lipinski definition) is 1. The Kier molecular flexibility index (Phi) is 6.03. The smallest absolute Gasteiger partial charge is 0.248 e. The molecule has 2 rings (SSSR count). The van der Waals surface area contributed by atoms with Gasteiger partial charge < -0.3 is 10.2 Å². The maximum atomic E-state index is 13.1. The van der Waals surface area contributed by atoms with E-state index in [-0.39, 0.29) is 24.2 Å². The van der Waals surface area contributed by atoms with Gasteiger partial charge in [-0.25, -0.2) is 4.39 Å². The molecule has 6 nitrogen and oxygen atoms in total. The van der Waals surface area contributed by atoms with Gasteiger partial charge in [0.05, 0.1) is 5.69 Å². The van der Waals surface area contributed by atoms with Crippen LogP contribution in [0.25, 0.3) is 0 Å². The fourth-order valence-electron chi connectivity index (χ4n) is 2.89. The Bertz CT molecular complexity index is 821. The second-order valence-corrected chi connectivity index (χ2v) is 7.70. The first-order valence-electron chi connectivity index (χ1n) is 8.88. The summed E-state index contributed by atoms with van der Waals surface area (Å²) in [5.41, 5.74) is 1.65. The number of nitrogens with zero attached hydrogens (tertiary/aromatic N) is 3. The van der Waals surface area contributed by atoms with Gasteiger partial charge in [0.2, 0.25) is 11.8 Å². The average molecular weight is 374 g/mol. The summed E-state index contributed by atoms with van der Waals surface area (Å²) in [4.78, 5) is 27.1. The number of anilines is 1. The molecular weight excluding hydrogens is 347 g/mol. The first-order chi connectivity index (χ1) is 12.5. The first kappa shape index (κ1) is 20.6. The number of rotatable bonds is 5. The summed E-state index contributed by atoms with van der Waals surface area (Å²) in [5, 5.41) is 7.08. The van der Waals surface area contributed by atoms with E-state index in [4.69, 9.17) is 0 Å². The van der Waals surface area contributed by atoms with Crippen LogP contribution in [-0.2, 0) is 9.59 Å². The molecule has 27 heavy (non-hydrogen) atoms. The molecule has 0 aliphatic heterocycles. The zero-order chi connectivity index (χ0) is 20.4. The third-order valence-electron chi connectivity index (χ3n) is 4.27. The van der Waals surface area contributed by atoms with Crippen LogP contribution in [0.5, 0.6) is 0 Å². The van der Waals surface area contributed by atoms with Crippen molar-refractivity contribution in [2.45, 2.75) is 53.1 Å². The average Bonchev–Trinajstić information content (AvgIpc) is 2.91. The van der Waals surface area contributed by atoms with E-state index in [9.17, 15) is 14.0 Å². The zero-order valence-corrected chi connectivity index (χ0v) is 16.7. The topological polar surface area (TPSA) is 67.2 Å².